The molecule has 6 N–H and O–H groups in total. The van der Waals surface area contributed by atoms with Crippen LogP contribution in [0, 0.1) is 5.82 Å². The van der Waals surface area contributed by atoms with Crippen molar-refractivity contribution in [2.75, 3.05) is 23.6 Å². The van der Waals surface area contributed by atoms with E-state index in [2.05, 4.69) is 20.7 Å². The highest BCUT2D eigenvalue weighted by atomic mass is 19.1. The second-order valence-corrected chi connectivity index (χ2v) is 3.62. The van der Waals surface area contributed by atoms with Crippen LogP contribution in [0.1, 0.15) is 0 Å². The molecule has 0 amide bonds. The maximum atomic E-state index is 13.3. The molecule has 7 nitrogen and oxygen atoms in total. The molecule has 19 heavy (non-hydrogen) atoms. The van der Waals surface area contributed by atoms with Crippen LogP contribution in [0.15, 0.2) is 24.3 Å². The van der Waals surface area contributed by atoms with E-state index in [1.165, 1.54) is 19.2 Å². The lowest BCUT2D eigenvalue weighted by Crippen LogP contribution is -2.11. The lowest BCUT2D eigenvalue weighted by atomic mass is 10.3. The number of hydrogen-bond acceptors (Lipinski definition) is 7. The zero-order valence-electron chi connectivity index (χ0n) is 10.1. The van der Waals surface area contributed by atoms with Crippen LogP contribution in [0.25, 0.3) is 0 Å². The van der Waals surface area contributed by atoms with Crippen LogP contribution >= 0.6 is 0 Å². The van der Waals surface area contributed by atoms with Gasteiger partial charge in [0.15, 0.2) is 11.6 Å². The summed E-state index contributed by atoms with van der Waals surface area (Å²) in [7, 11) is 1.39. The van der Waals surface area contributed by atoms with Crippen molar-refractivity contribution in [1.29, 1.82) is 0 Å². The number of methoxy groups -OCH3 is 1. The van der Waals surface area contributed by atoms with Crippen LogP contribution < -0.4 is 27.1 Å². The van der Waals surface area contributed by atoms with Gasteiger partial charge in [-0.15, -0.1) is 0 Å². The molecule has 0 spiro atoms. The van der Waals surface area contributed by atoms with Gasteiger partial charge in [0.1, 0.15) is 11.6 Å². The molecule has 0 saturated heterocycles. The number of nitrogens with one attached hydrogen (secondary N) is 2. The van der Waals surface area contributed by atoms with E-state index in [0.29, 0.717) is 17.3 Å². The van der Waals surface area contributed by atoms with E-state index >= 15 is 0 Å². The summed E-state index contributed by atoms with van der Waals surface area (Å²) < 4.78 is 18.2. The Morgan fingerprint density at radius 1 is 1.21 bits per heavy atom. The molecule has 2 aromatic rings. The number of nitrogens with zero attached hydrogens (tertiary/aromatic N) is 2. The Hall–Kier alpha value is -2.61. The average Bonchev–Trinajstić information content (AvgIpc) is 2.40. The Morgan fingerprint density at radius 3 is 2.63 bits per heavy atom. The first kappa shape index (κ1) is 12.8. The number of hydrogen-bond donors (Lipinski definition) is 4. The molecule has 0 aliphatic heterocycles. The Morgan fingerprint density at radius 2 is 1.95 bits per heavy atom. The fourth-order valence-electron chi connectivity index (χ4n) is 1.49. The Kier molecular flexibility index (Phi) is 3.62. The molecule has 2 rings (SSSR count). The minimum Gasteiger partial charge on any atom is -0.494 e. The fourth-order valence-corrected chi connectivity index (χ4v) is 1.49. The van der Waals surface area contributed by atoms with E-state index in [0.717, 1.165) is 0 Å². The van der Waals surface area contributed by atoms with Gasteiger partial charge in [0, 0.05) is 17.8 Å². The van der Waals surface area contributed by atoms with Gasteiger partial charge in [-0.25, -0.2) is 10.2 Å². The number of halogens is 1. The topological polar surface area (TPSA) is 111 Å². The first-order valence-corrected chi connectivity index (χ1v) is 5.34. The van der Waals surface area contributed by atoms with E-state index < -0.39 is 5.82 Å². The highest BCUT2D eigenvalue weighted by molar-refractivity contribution is 5.62. The molecule has 0 aliphatic carbocycles. The molecule has 1 heterocycles. The van der Waals surface area contributed by atoms with E-state index in [1.807, 2.05) is 0 Å². The largest absolute Gasteiger partial charge is 0.494 e. The summed E-state index contributed by atoms with van der Waals surface area (Å²) in [5.74, 6) is 5.79. The maximum Gasteiger partial charge on any atom is 0.223 e. The minimum absolute atomic E-state index is 0.0621. The summed E-state index contributed by atoms with van der Waals surface area (Å²) in [4.78, 5) is 7.83. The normalized spacial score (nSPS) is 10.1. The van der Waals surface area contributed by atoms with Crippen LogP contribution in [0.5, 0.6) is 5.75 Å². The van der Waals surface area contributed by atoms with Crippen LogP contribution in [0.4, 0.5) is 27.7 Å². The van der Waals surface area contributed by atoms with Crippen molar-refractivity contribution in [3.05, 3.63) is 30.1 Å². The highest BCUT2D eigenvalue weighted by Gasteiger charge is 2.06. The standard InChI is InChI=1S/C11H13FN6O/c1-19-8-4-6(2-3-7(8)12)15-9-5-10(18-14)17-11(13)16-9/h2-5H,14H2,1H3,(H4,13,15,16,17,18). The first-order chi connectivity index (χ1) is 9.12. The van der Waals surface area contributed by atoms with Crippen LogP contribution in [0.3, 0.4) is 0 Å². The molecule has 100 valence electrons. The van der Waals surface area contributed by atoms with E-state index in [9.17, 15) is 4.39 Å². The van der Waals surface area contributed by atoms with Crippen molar-refractivity contribution in [3.63, 3.8) is 0 Å². The second-order valence-electron chi connectivity index (χ2n) is 3.62. The molecule has 0 radical (unpaired) electrons. The van der Waals surface area contributed by atoms with Crippen molar-refractivity contribution in [3.8, 4) is 5.75 Å². The fraction of sp³-hybridized carbons (Fsp3) is 0.0909. The molecule has 0 aliphatic rings. The number of rotatable bonds is 4. The van der Waals surface area contributed by atoms with E-state index in [-0.39, 0.29) is 11.7 Å². The van der Waals surface area contributed by atoms with Crippen molar-refractivity contribution in [2.24, 2.45) is 5.84 Å². The van der Waals surface area contributed by atoms with Crippen LogP contribution in [-0.4, -0.2) is 17.1 Å². The molecule has 0 unspecified atom stereocenters. The second kappa shape index (κ2) is 5.36. The van der Waals surface area contributed by atoms with Gasteiger partial charge in [0.2, 0.25) is 5.95 Å². The molecule has 1 aromatic heterocycles. The van der Waals surface area contributed by atoms with Crippen molar-refractivity contribution in [1.82, 2.24) is 9.97 Å². The number of aromatic nitrogens is 2. The van der Waals surface area contributed by atoms with E-state index in [4.69, 9.17) is 16.3 Å². The predicted octanol–water partition coefficient (Wildman–Crippen LogP) is 1.24. The van der Waals surface area contributed by atoms with Gasteiger partial charge in [-0.3, -0.25) is 0 Å². The molecule has 0 bridgehead atoms. The number of nitrogens with two attached hydrogens (primary N) is 2. The van der Waals surface area contributed by atoms with Crippen LogP contribution in [0.2, 0.25) is 0 Å². The van der Waals surface area contributed by atoms with Gasteiger partial charge in [0.25, 0.3) is 0 Å². The molecule has 1 aromatic carbocycles. The molecular formula is C11H13FN6O. The first-order valence-electron chi connectivity index (χ1n) is 5.34. The third kappa shape index (κ3) is 2.99. The number of ether oxygens (including phenoxy) is 1. The predicted molar refractivity (Wildman–Crippen MR) is 70.5 cm³/mol. The number of hydrazine groups is 1. The molecule has 0 saturated carbocycles. The molecule has 0 fully saturated rings. The van der Waals surface area contributed by atoms with Gasteiger partial charge < -0.3 is 21.2 Å². The van der Waals surface area contributed by atoms with Crippen LogP contribution in [-0.2, 0) is 0 Å². The van der Waals surface area contributed by atoms with Gasteiger partial charge >= 0.3 is 0 Å². The SMILES string of the molecule is COc1cc(Nc2cc(NN)nc(N)n2)ccc1F. The van der Waals surface area contributed by atoms with Crippen molar-refractivity contribution < 1.29 is 9.13 Å². The lowest BCUT2D eigenvalue weighted by Gasteiger charge is -2.09. The minimum atomic E-state index is -0.445. The molecular weight excluding hydrogens is 251 g/mol. The third-order valence-corrected chi connectivity index (χ3v) is 2.31. The van der Waals surface area contributed by atoms with E-state index in [1.54, 1.807) is 12.1 Å². The van der Waals surface area contributed by atoms with Gasteiger partial charge in [-0.05, 0) is 12.1 Å². The van der Waals surface area contributed by atoms with Gasteiger partial charge in [0.05, 0.1) is 7.11 Å². The third-order valence-electron chi connectivity index (χ3n) is 2.31. The van der Waals surface area contributed by atoms with Gasteiger partial charge in [-0.1, -0.05) is 0 Å². The summed E-state index contributed by atoms with van der Waals surface area (Å²) in [5.41, 5.74) is 8.49. The summed E-state index contributed by atoms with van der Waals surface area (Å²) in [6.07, 6.45) is 0. The van der Waals surface area contributed by atoms with Gasteiger partial charge in [-0.2, -0.15) is 9.97 Å². The Balaban J connectivity index is 2.28. The summed E-state index contributed by atoms with van der Waals surface area (Å²) in [6, 6.07) is 5.90. The zero-order chi connectivity index (χ0) is 13.8. The number of nitrogen functional groups attached to an aromatic ring is 2. The summed E-state index contributed by atoms with van der Waals surface area (Å²) >= 11 is 0. The zero-order valence-corrected chi connectivity index (χ0v) is 10.1. The monoisotopic (exact) mass is 264 g/mol. The summed E-state index contributed by atoms with van der Waals surface area (Å²) in [6.45, 7) is 0. The Labute approximate surface area is 108 Å². The van der Waals surface area contributed by atoms with Crippen molar-refractivity contribution in [2.45, 2.75) is 0 Å². The maximum absolute atomic E-state index is 13.3. The highest BCUT2D eigenvalue weighted by Crippen LogP contribution is 2.24. The lowest BCUT2D eigenvalue weighted by molar-refractivity contribution is 0.387. The number of benzene rings is 1. The molecule has 8 heteroatoms. The summed E-state index contributed by atoms with van der Waals surface area (Å²) in [5, 5.41) is 2.95. The average molecular weight is 264 g/mol. The quantitative estimate of drug-likeness (QED) is 0.485. The van der Waals surface area contributed by atoms with Crippen molar-refractivity contribution >= 4 is 23.3 Å². The molecule has 0 atom stereocenters. The number of anilines is 4. The Bertz CT molecular complexity index is 591. The smallest absolute Gasteiger partial charge is 0.223 e.